The molecule has 0 aliphatic carbocycles. The first-order valence-corrected chi connectivity index (χ1v) is 5.83. The maximum absolute atomic E-state index is 12.0. The third-order valence-electron chi connectivity index (χ3n) is 2.29. The van der Waals surface area contributed by atoms with Gasteiger partial charge in [0.25, 0.3) is 5.91 Å². The summed E-state index contributed by atoms with van der Waals surface area (Å²) in [7, 11) is 0. The minimum atomic E-state index is -0.312. The number of pyridine rings is 1. The summed E-state index contributed by atoms with van der Waals surface area (Å²) in [5.41, 5.74) is 1.20. The van der Waals surface area contributed by atoms with Crippen molar-refractivity contribution < 1.29 is 4.79 Å². The van der Waals surface area contributed by atoms with Crippen LogP contribution in [0.1, 0.15) is 28.8 Å². The Bertz CT molecular complexity index is 581. The van der Waals surface area contributed by atoms with E-state index in [0.29, 0.717) is 23.0 Å². The maximum atomic E-state index is 12.0. The van der Waals surface area contributed by atoms with Crippen molar-refractivity contribution in [1.29, 1.82) is 0 Å². The molecule has 18 heavy (non-hydrogen) atoms. The SMILES string of the molecule is CCc1cc(C(=O)Nc2n[nH]c(C)n2)cc(Cl)n1. The van der Waals surface area contributed by atoms with Gasteiger partial charge in [-0.2, -0.15) is 4.98 Å². The van der Waals surface area contributed by atoms with E-state index in [1.165, 1.54) is 6.07 Å². The first-order valence-electron chi connectivity index (χ1n) is 5.45. The lowest BCUT2D eigenvalue weighted by Crippen LogP contribution is -2.13. The lowest BCUT2D eigenvalue weighted by Gasteiger charge is -2.03. The summed E-state index contributed by atoms with van der Waals surface area (Å²) >= 11 is 5.85. The highest BCUT2D eigenvalue weighted by Gasteiger charge is 2.11. The minimum Gasteiger partial charge on any atom is -0.289 e. The lowest BCUT2D eigenvalue weighted by atomic mass is 10.2. The van der Waals surface area contributed by atoms with Gasteiger partial charge in [-0.15, -0.1) is 5.10 Å². The summed E-state index contributed by atoms with van der Waals surface area (Å²) in [6.45, 7) is 3.69. The van der Waals surface area contributed by atoms with Gasteiger partial charge in [0.15, 0.2) is 0 Å². The molecule has 2 N–H and O–H groups in total. The van der Waals surface area contributed by atoms with Crippen molar-refractivity contribution in [3.63, 3.8) is 0 Å². The standard InChI is InChI=1S/C11H12ClN5O/c1-3-8-4-7(5-9(12)14-8)10(18)15-11-13-6(2)16-17-11/h4-5H,3H2,1-2H3,(H2,13,15,16,17,18). The number of carbonyl (C=O) groups is 1. The van der Waals surface area contributed by atoms with Gasteiger partial charge >= 0.3 is 0 Å². The van der Waals surface area contributed by atoms with E-state index in [9.17, 15) is 4.79 Å². The van der Waals surface area contributed by atoms with E-state index in [1.54, 1.807) is 13.0 Å². The molecule has 0 unspecified atom stereocenters. The number of aryl methyl sites for hydroxylation is 2. The number of carbonyl (C=O) groups excluding carboxylic acids is 1. The summed E-state index contributed by atoms with van der Waals surface area (Å²) in [5.74, 6) is 0.559. The summed E-state index contributed by atoms with van der Waals surface area (Å²) in [5, 5.41) is 9.35. The monoisotopic (exact) mass is 265 g/mol. The number of nitrogens with one attached hydrogen (secondary N) is 2. The molecule has 0 aliphatic rings. The molecule has 2 aromatic rings. The molecule has 0 spiro atoms. The second kappa shape index (κ2) is 5.14. The number of hydrogen-bond acceptors (Lipinski definition) is 4. The molecule has 0 fully saturated rings. The largest absolute Gasteiger partial charge is 0.289 e. The Hall–Kier alpha value is -1.95. The quantitative estimate of drug-likeness (QED) is 0.831. The van der Waals surface area contributed by atoms with Crippen LogP contribution >= 0.6 is 11.6 Å². The predicted octanol–water partition coefficient (Wildman–Crippen LogP) is 1.98. The molecular weight excluding hydrogens is 254 g/mol. The number of aromatic amines is 1. The number of rotatable bonds is 3. The van der Waals surface area contributed by atoms with Gasteiger partial charge in [0.1, 0.15) is 11.0 Å². The van der Waals surface area contributed by atoms with E-state index in [4.69, 9.17) is 11.6 Å². The van der Waals surface area contributed by atoms with Gasteiger partial charge in [0, 0.05) is 11.3 Å². The van der Waals surface area contributed by atoms with E-state index in [-0.39, 0.29) is 11.9 Å². The van der Waals surface area contributed by atoms with Crippen LogP contribution in [0.15, 0.2) is 12.1 Å². The van der Waals surface area contributed by atoms with Crippen molar-refractivity contribution in [3.05, 3.63) is 34.4 Å². The lowest BCUT2D eigenvalue weighted by molar-refractivity contribution is 0.102. The van der Waals surface area contributed by atoms with E-state index in [0.717, 1.165) is 5.69 Å². The molecule has 0 saturated heterocycles. The summed E-state index contributed by atoms with van der Waals surface area (Å²) in [6, 6.07) is 3.20. The maximum Gasteiger partial charge on any atom is 0.258 e. The molecule has 2 heterocycles. The fraction of sp³-hybridized carbons (Fsp3) is 0.273. The number of anilines is 1. The second-order valence-electron chi connectivity index (χ2n) is 3.72. The first-order chi connectivity index (χ1) is 8.58. The van der Waals surface area contributed by atoms with Crippen LogP contribution in [0.4, 0.5) is 5.95 Å². The Balaban J connectivity index is 2.20. The molecule has 1 amide bonds. The number of halogens is 1. The number of H-pyrrole nitrogens is 1. The Labute approximate surface area is 109 Å². The van der Waals surface area contributed by atoms with Crippen molar-refractivity contribution in [2.45, 2.75) is 20.3 Å². The molecular formula is C11H12ClN5O. The topological polar surface area (TPSA) is 83.6 Å². The van der Waals surface area contributed by atoms with Crippen molar-refractivity contribution in [1.82, 2.24) is 20.2 Å². The molecule has 0 saturated carbocycles. The number of aromatic nitrogens is 4. The zero-order chi connectivity index (χ0) is 13.1. The Morgan fingerprint density at radius 2 is 2.22 bits per heavy atom. The Morgan fingerprint density at radius 1 is 1.44 bits per heavy atom. The van der Waals surface area contributed by atoms with Crippen molar-refractivity contribution in [3.8, 4) is 0 Å². The number of nitrogens with zero attached hydrogens (tertiary/aromatic N) is 3. The average Bonchev–Trinajstić information content (AvgIpc) is 2.73. The highest BCUT2D eigenvalue weighted by molar-refractivity contribution is 6.29. The first kappa shape index (κ1) is 12.5. The van der Waals surface area contributed by atoms with Crippen LogP contribution in [0.2, 0.25) is 5.15 Å². The number of hydrogen-bond donors (Lipinski definition) is 2. The van der Waals surface area contributed by atoms with Crippen LogP contribution in [-0.4, -0.2) is 26.1 Å². The summed E-state index contributed by atoms with van der Waals surface area (Å²) in [6.07, 6.45) is 0.709. The van der Waals surface area contributed by atoms with Crippen LogP contribution in [0.25, 0.3) is 0 Å². The van der Waals surface area contributed by atoms with Gasteiger partial charge in [-0.3, -0.25) is 15.2 Å². The third kappa shape index (κ3) is 2.84. The zero-order valence-corrected chi connectivity index (χ0v) is 10.7. The Morgan fingerprint density at radius 3 is 2.83 bits per heavy atom. The van der Waals surface area contributed by atoms with Crippen LogP contribution < -0.4 is 5.32 Å². The summed E-state index contributed by atoms with van der Waals surface area (Å²) in [4.78, 5) is 20.0. The smallest absolute Gasteiger partial charge is 0.258 e. The Kier molecular flexibility index (Phi) is 3.57. The predicted molar refractivity (Wildman–Crippen MR) is 67.7 cm³/mol. The van der Waals surface area contributed by atoms with Gasteiger partial charge < -0.3 is 0 Å². The summed E-state index contributed by atoms with van der Waals surface area (Å²) < 4.78 is 0. The average molecular weight is 266 g/mol. The van der Waals surface area contributed by atoms with E-state index in [2.05, 4.69) is 25.5 Å². The highest BCUT2D eigenvalue weighted by Crippen LogP contribution is 2.12. The molecule has 0 radical (unpaired) electrons. The fourth-order valence-electron chi connectivity index (χ4n) is 1.44. The van der Waals surface area contributed by atoms with Crippen LogP contribution in [0.5, 0.6) is 0 Å². The van der Waals surface area contributed by atoms with Crippen LogP contribution in [0.3, 0.4) is 0 Å². The van der Waals surface area contributed by atoms with Gasteiger partial charge in [0.2, 0.25) is 5.95 Å². The second-order valence-corrected chi connectivity index (χ2v) is 4.11. The van der Waals surface area contributed by atoms with Crippen LogP contribution in [0, 0.1) is 6.92 Å². The third-order valence-corrected chi connectivity index (χ3v) is 2.49. The van der Waals surface area contributed by atoms with Crippen molar-refractivity contribution >= 4 is 23.5 Å². The molecule has 94 valence electrons. The van der Waals surface area contributed by atoms with Gasteiger partial charge in [-0.1, -0.05) is 18.5 Å². The van der Waals surface area contributed by atoms with E-state index < -0.39 is 0 Å². The zero-order valence-electron chi connectivity index (χ0n) is 9.99. The molecule has 0 bridgehead atoms. The molecule has 0 aliphatic heterocycles. The van der Waals surface area contributed by atoms with Gasteiger partial charge in [-0.05, 0) is 25.5 Å². The van der Waals surface area contributed by atoms with Gasteiger partial charge in [-0.25, -0.2) is 4.98 Å². The highest BCUT2D eigenvalue weighted by atomic mass is 35.5. The number of amides is 1. The van der Waals surface area contributed by atoms with Crippen molar-refractivity contribution in [2.75, 3.05) is 5.32 Å². The minimum absolute atomic E-state index is 0.239. The molecule has 7 heteroatoms. The molecule has 2 rings (SSSR count). The van der Waals surface area contributed by atoms with Crippen LogP contribution in [-0.2, 0) is 6.42 Å². The van der Waals surface area contributed by atoms with Crippen molar-refractivity contribution in [2.24, 2.45) is 0 Å². The fourth-order valence-corrected chi connectivity index (χ4v) is 1.66. The molecule has 0 aromatic carbocycles. The molecule has 6 nitrogen and oxygen atoms in total. The molecule has 0 atom stereocenters. The molecule has 2 aromatic heterocycles. The normalized spacial score (nSPS) is 10.4. The van der Waals surface area contributed by atoms with E-state index in [1.807, 2.05) is 6.92 Å². The van der Waals surface area contributed by atoms with E-state index >= 15 is 0 Å². The van der Waals surface area contributed by atoms with Gasteiger partial charge in [0.05, 0.1) is 0 Å².